The molecule has 4 fully saturated rings. The van der Waals surface area contributed by atoms with Gasteiger partial charge in [-0.1, -0.05) is 6.92 Å². The fraction of sp³-hybridized carbons (Fsp3) is 0.600. The lowest BCUT2D eigenvalue weighted by atomic mass is 9.67. The smallest absolute Gasteiger partial charge is 0.316 e. The van der Waals surface area contributed by atoms with Crippen LogP contribution in [0.3, 0.4) is 0 Å². The van der Waals surface area contributed by atoms with E-state index in [1.165, 1.54) is 6.07 Å². The topological polar surface area (TPSA) is 223 Å². The molecule has 4 aliphatic heterocycles. The third-order valence-corrected chi connectivity index (χ3v) is 12.2. The molecular weight excluding hydrogens is 736 g/mol. The van der Waals surface area contributed by atoms with Crippen molar-refractivity contribution in [2.75, 3.05) is 7.11 Å². The van der Waals surface area contributed by atoms with E-state index >= 15 is 0 Å². The number of phenolic OH excluding ortho intramolecular Hbond substituents is 3. The van der Waals surface area contributed by atoms with Gasteiger partial charge >= 0.3 is 5.97 Å². The summed E-state index contributed by atoms with van der Waals surface area (Å²) in [6.45, 7) is 7.05. The number of Topliss-reactive ketones (excluding diaryl/α,β-unsaturated/α-hetero) is 1. The predicted octanol–water partition coefficient (Wildman–Crippen LogP) is 3.34. The van der Waals surface area contributed by atoms with Gasteiger partial charge in [-0.25, -0.2) is 0 Å². The van der Waals surface area contributed by atoms with Crippen LogP contribution in [0.25, 0.3) is 0 Å². The Kier molecular flexibility index (Phi) is 10.0. The van der Waals surface area contributed by atoms with Crippen molar-refractivity contribution in [3.05, 3.63) is 51.6 Å². The van der Waals surface area contributed by atoms with Gasteiger partial charge in [-0.15, -0.1) is 0 Å². The normalized spacial score (nSPS) is 37.8. The number of hydrogen-bond acceptors (Lipinski definition) is 16. The van der Waals surface area contributed by atoms with Gasteiger partial charge in [0, 0.05) is 36.8 Å². The van der Waals surface area contributed by atoms with Crippen LogP contribution in [0, 0.1) is 0 Å². The summed E-state index contributed by atoms with van der Waals surface area (Å²) >= 11 is 0. The number of ketones is 3. The summed E-state index contributed by atoms with van der Waals surface area (Å²) in [5.74, 6) is -5.82. The first-order valence-corrected chi connectivity index (χ1v) is 19.1. The maximum absolute atomic E-state index is 13.9. The molecule has 4 N–H and O–H groups in total. The number of aliphatic hydroxyl groups is 1. The highest BCUT2D eigenvalue weighted by Gasteiger charge is 2.54. The second kappa shape index (κ2) is 14.4. The molecule has 2 aromatic rings. The van der Waals surface area contributed by atoms with E-state index in [-0.39, 0.29) is 47.8 Å². The molecule has 0 amide bonds. The van der Waals surface area contributed by atoms with Crippen molar-refractivity contribution in [2.45, 2.75) is 145 Å². The molecule has 302 valence electrons. The first-order valence-electron chi connectivity index (χ1n) is 19.1. The molecule has 2 aliphatic carbocycles. The SMILES string of the molecule is CCC1(O)CC(OC2CCC(OC3CC4OC5CC(=O)C(C)OC5OC4C(C)O3)C(C)O2)c2c(cc3c(c2O)C(=O)c2c(O)ccc(O)c2C3=O)C1C(=O)OC. The Hall–Kier alpha value is -4.00. The number of ether oxygens (including phenoxy) is 8. The van der Waals surface area contributed by atoms with Gasteiger partial charge in [-0.05, 0) is 57.4 Å². The minimum absolute atomic E-state index is 0.00763. The second-order valence-corrected chi connectivity index (χ2v) is 15.6. The van der Waals surface area contributed by atoms with Crippen molar-refractivity contribution in [3.8, 4) is 17.2 Å². The second-order valence-electron chi connectivity index (χ2n) is 15.6. The van der Waals surface area contributed by atoms with Gasteiger partial charge in [-0.3, -0.25) is 19.2 Å². The van der Waals surface area contributed by atoms with Crippen molar-refractivity contribution in [3.63, 3.8) is 0 Å². The highest BCUT2D eigenvalue weighted by molar-refractivity contribution is 6.31. The van der Waals surface area contributed by atoms with E-state index in [1.54, 1.807) is 13.8 Å². The molecule has 16 nitrogen and oxygen atoms in total. The van der Waals surface area contributed by atoms with E-state index < -0.39 is 125 Å². The largest absolute Gasteiger partial charge is 0.507 e. The molecule has 0 aromatic heterocycles. The van der Waals surface area contributed by atoms with Gasteiger partial charge in [0.1, 0.15) is 41.5 Å². The quantitative estimate of drug-likeness (QED) is 0.208. The van der Waals surface area contributed by atoms with E-state index in [9.17, 15) is 39.6 Å². The van der Waals surface area contributed by atoms with Gasteiger partial charge in [0.15, 0.2) is 30.4 Å². The molecule has 0 bridgehead atoms. The van der Waals surface area contributed by atoms with E-state index in [2.05, 4.69) is 0 Å². The Morgan fingerprint density at radius 2 is 1.55 bits per heavy atom. The maximum Gasteiger partial charge on any atom is 0.316 e. The van der Waals surface area contributed by atoms with E-state index in [0.29, 0.717) is 19.3 Å². The molecule has 56 heavy (non-hydrogen) atoms. The molecule has 13 atom stereocenters. The monoisotopic (exact) mass is 782 g/mol. The van der Waals surface area contributed by atoms with Gasteiger partial charge in [0.2, 0.25) is 5.78 Å². The summed E-state index contributed by atoms with van der Waals surface area (Å²) in [6.07, 6.45) is -5.38. The lowest BCUT2D eigenvalue weighted by molar-refractivity contribution is -0.369. The van der Waals surface area contributed by atoms with Crippen LogP contribution >= 0.6 is 0 Å². The van der Waals surface area contributed by atoms with E-state index in [4.69, 9.17) is 37.9 Å². The van der Waals surface area contributed by atoms with Crippen molar-refractivity contribution in [2.24, 2.45) is 0 Å². The standard InChI is InChI=1S/C40H46O16/c1-6-40(48)14-26(29-18(33(40)38(47)49-5)11-19-30(35(29)45)36(46)32-21(42)8-7-20(41)31(32)34(19)44)55-27-10-9-23(16(3)50-27)54-28-13-24-37(17(4)51-28)56-39-25(53-24)12-22(43)15(2)52-39/h7-8,11,15-17,23-28,33,37,39,41-42,45,48H,6,9-10,12-14H2,1-5H3. The van der Waals surface area contributed by atoms with Crippen LogP contribution in [0.5, 0.6) is 17.2 Å². The first kappa shape index (κ1) is 38.9. The van der Waals surface area contributed by atoms with Crippen LogP contribution < -0.4 is 0 Å². The summed E-state index contributed by atoms with van der Waals surface area (Å²) in [7, 11) is 1.15. The van der Waals surface area contributed by atoms with Crippen LogP contribution in [0.15, 0.2) is 18.2 Å². The Bertz CT molecular complexity index is 1960. The molecule has 2 aromatic carbocycles. The summed E-state index contributed by atoms with van der Waals surface area (Å²) in [5, 5.41) is 45.0. The van der Waals surface area contributed by atoms with Crippen LogP contribution in [0.2, 0.25) is 0 Å². The lowest BCUT2D eigenvalue weighted by Gasteiger charge is -2.50. The van der Waals surface area contributed by atoms with Crippen LogP contribution in [0.1, 0.15) is 121 Å². The fourth-order valence-electron chi connectivity index (χ4n) is 9.19. The Labute approximate surface area is 321 Å². The third kappa shape index (κ3) is 6.30. The number of carbonyl (C=O) groups excluding carboxylic acids is 4. The number of fused-ring (bicyclic) bond motifs is 5. The minimum atomic E-state index is -1.77. The number of hydrogen-bond donors (Lipinski definition) is 4. The highest BCUT2D eigenvalue weighted by atomic mass is 16.8. The van der Waals surface area contributed by atoms with E-state index in [0.717, 1.165) is 19.2 Å². The average molecular weight is 783 g/mol. The number of carbonyl (C=O) groups is 4. The van der Waals surface area contributed by atoms with Crippen LogP contribution in [0.4, 0.5) is 0 Å². The fourth-order valence-corrected chi connectivity index (χ4v) is 9.19. The summed E-state index contributed by atoms with van der Waals surface area (Å²) in [4.78, 5) is 53.3. The van der Waals surface area contributed by atoms with Crippen molar-refractivity contribution < 1.29 is 77.5 Å². The summed E-state index contributed by atoms with van der Waals surface area (Å²) < 4.78 is 48.7. The Morgan fingerprint density at radius 1 is 0.857 bits per heavy atom. The van der Waals surface area contributed by atoms with Crippen molar-refractivity contribution >= 4 is 23.3 Å². The van der Waals surface area contributed by atoms with Crippen molar-refractivity contribution in [1.82, 2.24) is 0 Å². The average Bonchev–Trinajstić information content (AvgIpc) is 3.15. The molecule has 13 unspecified atom stereocenters. The lowest BCUT2D eigenvalue weighted by Crippen LogP contribution is -2.61. The van der Waals surface area contributed by atoms with Gasteiger partial charge in [0.25, 0.3) is 0 Å². The zero-order valence-corrected chi connectivity index (χ0v) is 31.6. The van der Waals surface area contributed by atoms with E-state index in [1.807, 2.05) is 13.8 Å². The number of rotatable bonds is 6. The molecule has 0 radical (unpaired) electrons. The zero-order valence-electron chi connectivity index (χ0n) is 31.6. The van der Waals surface area contributed by atoms with Crippen molar-refractivity contribution in [1.29, 1.82) is 0 Å². The number of esters is 1. The highest BCUT2D eigenvalue weighted by Crippen LogP contribution is 2.54. The van der Waals surface area contributed by atoms with Gasteiger partial charge in [-0.2, -0.15) is 0 Å². The Morgan fingerprint density at radius 3 is 2.23 bits per heavy atom. The molecule has 0 spiro atoms. The number of aromatic hydroxyl groups is 3. The first-order chi connectivity index (χ1) is 26.6. The molecule has 4 heterocycles. The predicted molar refractivity (Wildman–Crippen MR) is 188 cm³/mol. The summed E-state index contributed by atoms with van der Waals surface area (Å²) in [5.41, 5.74) is -3.43. The van der Waals surface area contributed by atoms with Crippen LogP contribution in [-0.4, -0.2) is 118 Å². The minimum Gasteiger partial charge on any atom is -0.507 e. The number of benzene rings is 2. The number of phenols is 3. The molecule has 0 saturated carbocycles. The maximum atomic E-state index is 13.9. The molecule has 8 rings (SSSR count). The van der Waals surface area contributed by atoms with Gasteiger partial charge < -0.3 is 58.3 Å². The summed E-state index contributed by atoms with van der Waals surface area (Å²) in [6, 6.07) is 3.39. The Balaban J connectivity index is 1.02. The zero-order chi connectivity index (χ0) is 40.0. The van der Waals surface area contributed by atoms with Gasteiger partial charge in [0.05, 0.1) is 59.9 Å². The molecule has 16 heteroatoms. The number of methoxy groups -OCH3 is 1. The van der Waals surface area contributed by atoms with Crippen LogP contribution in [-0.2, 0) is 47.5 Å². The molecular formula is C40H46O16. The third-order valence-electron chi connectivity index (χ3n) is 12.2. The molecule has 6 aliphatic rings. The molecule has 4 saturated heterocycles.